The number of anilines is 1. The SMILES string of the molecule is Nc1ccc2c(c1)CCCC2NC(=O)CCCc1ccc(Br)s1. The maximum Gasteiger partial charge on any atom is 0.220 e. The molecule has 1 aromatic heterocycles. The van der Waals surface area contributed by atoms with Crippen molar-refractivity contribution >= 4 is 38.9 Å². The molecule has 1 aliphatic rings. The fraction of sp³-hybridized carbons (Fsp3) is 0.389. The summed E-state index contributed by atoms with van der Waals surface area (Å²) < 4.78 is 1.15. The van der Waals surface area contributed by atoms with E-state index < -0.39 is 0 Å². The van der Waals surface area contributed by atoms with Crippen molar-refractivity contribution in [2.75, 3.05) is 5.73 Å². The van der Waals surface area contributed by atoms with Crippen LogP contribution >= 0.6 is 27.3 Å². The quantitative estimate of drug-likeness (QED) is 0.729. The van der Waals surface area contributed by atoms with Crippen molar-refractivity contribution < 1.29 is 4.79 Å². The van der Waals surface area contributed by atoms with Crippen molar-refractivity contribution in [2.24, 2.45) is 0 Å². The Morgan fingerprint density at radius 3 is 3.00 bits per heavy atom. The topological polar surface area (TPSA) is 55.1 Å². The number of nitrogen functional groups attached to an aromatic ring is 1. The molecule has 1 unspecified atom stereocenters. The second-order valence-corrected chi connectivity index (χ2v) is 8.58. The molecule has 3 N–H and O–H groups in total. The number of aryl methyl sites for hydroxylation is 2. The lowest BCUT2D eigenvalue weighted by Gasteiger charge is -2.26. The molecular weight excluding hydrogens is 372 g/mol. The number of hydrogen-bond acceptors (Lipinski definition) is 3. The number of nitrogens with one attached hydrogen (secondary N) is 1. The van der Waals surface area contributed by atoms with E-state index >= 15 is 0 Å². The number of hydrogen-bond donors (Lipinski definition) is 2. The zero-order chi connectivity index (χ0) is 16.2. The standard InChI is InChI=1S/C18H21BrN2OS/c19-17-10-8-14(23-17)4-2-6-18(22)21-16-5-1-3-12-11-13(20)7-9-15(12)16/h7-11,16H,1-6,20H2,(H,21,22). The van der Waals surface area contributed by atoms with Crippen LogP contribution in [0.4, 0.5) is 5.69 Å². The van der Waals surface area contributed by atoms with Crippen LogP contribution in [-0.2, 0) is 17.6 Å². The van der Waals surface area contributed by atoms with Crippen LogP contribution in [-0.4, -0.2) is 5.91 Å². The molecule has 3 nitrogen and oxygen atoms in total. The van der Waals surface area contributed by atoms with Gasteiger partial charge in [0, 0.05) is 17.0 Å². The van der Waals surface area contributed by atoms with Crippen molar-refractivity contribution in [3.05, 3.63) is 50.1 Å². The normalized spacial score (nSPS) is 16.8. The summed E-state index contributed by atoms with van der Waals surface area (Å²) in [7, 11) is 0. The summed E-state index contributed by atoms with van der Waals surface area (Å²) in [4.78, 5) is 13.6. The van der Waals surface area contributed by atoms with E-state index in [4.69, 9.17) is 5.73 Å². The summed E-state index contributed by atoms with van der Waals surface area (Å²) >= 11 is 5.21. The molecule has 0 bridgehead atoms. The molecule has 0 aliphatic heterocycles. The van der Waals surface area contributed by atoms with E-state index in [2.05, 4.69) is 39.4 Å². The van der Waals surface area contributed by atoms with Crippen LogP contribution in [0.2, 0.25) is 0 Å². The lowest BCUT2D eigenvalue weighted by molar-refractivity contribution is -0.122. The maximum atomic E-state index is 12.2. The van der Waals surface area contributed by atoms with Gasteiger partial charge in [-0.1, -0.05) is 6.07 Å². The number of halogens is 1. The van der Waals surface area contributed by atoms with Gasteiger partial charge in [-0.2, -0.15) is 0 Å². The first-order valence-corrected chi connectivity index (χ1v) is 9.64. The second-order valence-electron chi connectivity index (χ2n) is 6.03. The lowest BCUT2D eigenvalue weighted by atomic mass is 9.87. The average Bonchev–Trinajstić information content (AvgIpc) is 2.92. The van der Waals surface area contributed by atoms with Crippen molar-refractivity contribution in [1.29, 1.82) is 0 Å². The highest BCUT2D eigenvalue weighted by molar-refractivity contribution is 9.11. The van der Waals surface area contributed by atoms with Gasteiger partial charge in [0.25, 0.3) is 0 Å². The van der Waals surface area contributed by atoms with Gasteiger partial charge in [-0.05, 0) is 83.4 Å². The van der Waals surface area contributed by atoms with Gasteiger partial charge in [0.1, 0.15) is 0 Å². The Balaban J connectivity index is 1.52. The van der Waals surface area contributed by atoms with E-state index in [1.807, 2.05) is 12.1 Å². The van der Waals surface area contributed by atoms with Crippen molar-refractivity contribution in [1.82, 2.24) is 5.32 Å². The van der Waals surface area contributed by atoms with Gasteiger partial charge in [-0.25, -0.2) is 0 Å². The Labute approximate surface area is 149 Å². The number of carbonyl (C=O) groups excluding carboxylic acids is 1. The summed E-state index contributed by atoms with van der Waals surface area (Å²) in [5.74, 6) is 0.148. The van der Waals surface area contributed by atoms with Crippen LogP contribution in [0.5, 0.6) is 0 Å². The van der Waals surface area contributed by atoms with Crippen LogP contribution in [0.3, 0.4) is 0 Å². The van der Waals surface area contributed by atoms with Gasteiger partial charge in [-0.15, -0.1) is 11.3 Å². The summed E-state index contributed by atoms with van der Waals surface area (Å²) in [6.07, 6.45) is 5.60. The summed E-state index contributed by atoms with van der Waals surface area (Å²) in [5, 5.41) is 3.20. The van der Waals surface area contributed by atoms with Crippen molar-refractivity contribution in [2.45, 2.75) is 44.6 Å². The number of thiophene rings is 1. The third kappa shape index (κ3) is 4.36. The Morgan fingerprint density at radius 2 is 2.22 bits per heavy atom. The minimum absolute atomic E-state index is 0.141. The minimum atomic E-state index is 0.141. The number of benzene rings is 1. The Kier molecular flexibility index (Phi) is 5.38. The second kappa shape index (κ2) is 7.49. The molecule has 0 spiro atoms. The van der Waals surface area contributed by atoms with Gasteiger partial charge in [-0.3, -0.25) is 4.79 Å². The number of nitrogens with two attached hydrogens (primary N) is 1. The third-order valence-corrected chi connectivity index (χ3v) is 5.96. The first-order chi connectivity index (χ1) is 11.1. The molecule has 0 saturated carbocycles. The zero-order valence-electron chi connectivity index (χ0n) is 13.0. The zero-order valence-corrected chi connectivity index (χ0v) is 15.4. The largest absolute Gasteiger partial charge is 0.399 e. The van der Waals surface area contributed by atoms with E-state index in [0.29, 0.717) is 6.42 Å². The van der Waals surface area contributed by atoms with Gasteiger partial charge >= 0.3 is 0 Å². The van der Waals surface area contributed by atoms with Crippen molar-refractivity contribution in [3.8, 4) is 0 Å². The van der Waals surface area contributed by atoms with Gasteiger partial charge in [0.2, 0.25) is 5.91 Å². The summed E-state index contributed by atoms with van der Waals surface area (Å²) in [5.41, 5.74) is 9.18. The molecule has 3 rings (SSSR count). The molecule has 2 aromatic rings. The van der Waals surface area contributed by atoms with E-state index in [9.17, 15) is 4.79 Å². The van der Waals surface area contributed by atoms with E-state index in [1.165, 1.54) is 16.0 Å². The van der Waals surface area contributed by atoms with Crippen LogP contribution in [0.25, 0.3) is 0 Å². The maximum absolute atomic E-state index is 12.2. The molecule has 122 valence electrons. The third-order valence-electron chi connectivity index (χ3n) is 4.27. The van der Waals surface area contributed by atoms with Crippen LogP contribution in [0, 0.1) is 0 Å². The monoisotopic (exact) mass is 392 g/mol. The fourth-order valence-electron chi connectivity index (χ4n) is 3.16. The number of carbonyl (C=O) groups is 1. The number of rotatable bonds is 5. The van der Waals surface area contributed by atoms with Gasteiger partial charge < -0.3 is 11.1 Å². The van der Waals surface area contributed by atoms with Gasteiger partial charge in [0.15, 0.2) is 0 Å². The van der Waals surface area contributed by atoms with Crippen LogP contribution < -0.4 is 11.1 Å². The highest BCUT2D eigenvalue weighted by Crippen LogP contribution is 2.31. The summed E-state index contributed by atoms with van der Waals surface area (Å²) in [6, 6.07) is 10.4. The molecule has 0 saturated heterocycles. The lowest BCUT2D eigenvalue weighted by Crippen LogP contribution is -2.30. The molecule has 0 radical (unpaired) electrons. The van der Waals surface area contributed by atoms with E-state index in [1.54, 1.807) is 11.3 Å². The summed E-state index contributed by atoms with van der Waals surface area (Å²) in [6.45, 7) is 0. The fourth-order valence-corrected chi connectivity index (χ4v) is 4.68. The highest BCUT2D eigenvalue weighted by atomic mass is 79.9. The number of amides is 1. The molecule has 1 aliphatic carbocycles. The first kappa shape index (κ1) is 16.5. The molecule has 1 amide bonds. The predicted octanol–water partition coefficient (Wildman–Crippen LogP) is 4.61. The first-order valence-electron chi connectivity index (χ1n) is 8.04. The van der Waals surface area contributed by atoms with Gasteiger partial charge in [0.05, 0.1) is 9.83 Å². The Hall–Kier alpha value is -1.33. The Bertz CT molecular complexity index is 698. The van der Waals surface area contributed by atoms with Crippen LogP contribution in [0.15, 0.2) is 34.1 Å². The highest BCUT2D eigenvalue weighted by Gasteiger charge is 2.21. The van der Waals surface area contributed by atoms with Crippen LogP contribution in [0.1, 0.15) is 47.7 Å². The average molecular weight is 393 g/mol. The minimum Gasteiger partial charge on any atom is -0.399 e. The van der Waals surface area contributed by atoms with E-state index in [0.717, 1.165) is 41.6 Å². The van der Waals surface area contributed by atoms with E-state index in [-0.39, 0.29) is 11.9 Å². The predicted molar refractivity (Wildman–Crippen MR) is 99.6 cm³/mol. The molecule has 1 aromatic carbocycles. The molecule has 5 heteroatoms. The molecular formula is C18H21BrN2OS. The molecule has 1 heterocycles. The molecule has 23 heavy (non-hydrogen) atoms. The molecule has 0 fully saturated rings. The smallest absolute Gasteiger partial charge is 0.220 e. The number of fused-ring (bicyclic) bond motifs is 1. The molecule has 1 atom stereocenters. The Morgan fingerprint density at radius 1 is 1.35 bits per heavy atom. The van der Waals surface area contributed by atoms with Crippen molar-refractivity contribution in [3.63, 3.8) is 0 Å².